The number of methoxy groups -OCH3 is 1. The fraction of sp³-hybridized carbons (Fsp3) is 0.267. The van der Waals surface area contributed by atoms with E-state index < -0.39 is 17.7 Å². The van der Waals surface area contributed by atoms with Crippen molar-refractivity contribution in [2.75, 3.05) is 30.0 Å². The molecule has 0 spiro atoms. The Balaban J connectivity index is 1.75. The largest absolute Gasteiger partial charge is 0.503 e. The van der Waals surface area contributed by atoms with Crippen LogP contribution in [0.1, 0.15) is 37.4 Å². The SMILES string of the molecule is CCN(CC)c1ccc(C2C(C(=O)CCc3ccccc3)=C(O)C(=O)N2c2ccccc2OC)cc1. The Kier molecular flexibility index (Phi) is 7.74. The molecule has 0 bridgehead atoms. The molecule has 3 aromatic rings. The summed E-state index contributed by atoms with van der Waals surface area (Å²) in [6.07, 6.45) is 0.706. The zero-order chi connectivity index (χ0) is 25.7. The van der Waals surface area contributed by atoms with Crippen molar-refractivity contribution in [3.05, 3.63) is 101 Å². The summed E-state index contributed by atoms with van der Waals surface area (Å²) >= 11 is 0. The lowest BCUT2D eigenvalue weighted by Gasteiger charge is -2.29. The van der Waals surface area contributed by atoms with Gasteiger partial charge in [-0.15, -0.1) is 0 Å². The first-order valence-electron chi connectivity index (χ1n) is 12.3. The van der Waals surface area contributed by atoms with Crippen molar-refractivity contribution in [1.29, 1.82) is 0 Å². The van der Waals surface area contributed by atoms with Crippen LogP contribution in [0, 0.1) is 0 Å². The van der Waals surface area contributed by atoms with Crippen molar-refractivity contribution in [3.63, 3.8) is 0 Å². The highest BCUT2D eigenvalue weighted by atomic mass is 16.5. The molecular weight excluding hydrogens is 452 g/mol. The summed E-state index contributed by atoms with van der Waals surface area (Å²) < 4.78 is 5.52. The molecular formula is C30H32N2O4. The number of Topliss-reactive ketones (excluding diaryl/α,β-unsaturated/α-hetero) is 1. The molecule has 186 valence electrons. The fourth-order valence-corrected chi connectivity index (χ4v) is 4.78. The Labute approximate surface area is 212 Å². The van der Waals surface area contributed by atoms with Crippen LogP contribution in [0.15, 0.2) is 90.2 Å². The van der Waals surface area contributed by atoms with Crippen LogP contribution in [0.3, 0.4) is 0 Å². The first kappa shape index (κ1) is 25.0. The Morgan fingerprint density at radius 1 is 0.944 bits per heavy atom. The molecule has 6 nitrogen and oxygen atoms in total. The molecule has 0 aliphatic carbocycles. The van der Waals surface area contributed by atoms with E-state index in [2.05, 4.69) is 18.7 Å². The van der Waals surface area contributed by atoms with E-state index in [1.165, 1.54) is 12.0 Å². The monoisotopic (exact) mass is 484 g/mol. The predicted molar refractivity (Wildman–Crippen MR) is 143 cm³/mol. The minimum atomic E-state index is -0.761. The maximum atomic E-state index is 13.5. The Hall–Kier alpha value is -4.06. The molecule has 1 heterocycles. The normalized spacial score (nSPS) is 15.4. The van der Waals surface area contributed by atoms with Gasteiger partial charge in [0.1, 0.15) is 5.75 Å². The number of amides is 1. The Morgan fingerprint density at radius 2 is 1.58 bits per heavy atom. The van der Waals surface area contributed by atoms with Crippen LogP contribution in [0.2, 0.25) is 0 Å². The summed E-state index contributed by atoms with van der Waals surface area (Å²) in [5, 5.41) is 11.0. The van der Waals surface area contributed by atoms with Crippen LogP contribution in [-0.2, 0) is 16.0 Å². The number of nitrogens with zero attached hydrogens (tertiary/aromatic N) is 2. The number of anilines is 2. The molecule has 0 radical (unpaired) electrons. The number of hydrogen-bond acceptors (Lipinski definition) is 5. The van der Waals surface area contributed by atoms with Gasteiger partial charge in [-0.1, -0.05) is 54.6 Å². The second-order valence-corrected chi connectivity index (χ2v) is 8.68. The van der Waals surface area contributed by atoms with E-state index in [-0.39, 0.29) is 17.8 Å². The summed E-state index contributed by atoms with van der Waals surface area (Å²) in [5.41, 5.74) is 3.45. The van der Waals surface area contributed by atoms with Gasteiger partial charge in [0.15, 0.2) is 11.5 Å². The molecule has 0 fully saturated rings. The van der Waals surface area contributed by atoms with Crippen LogP contribution >= 0.6 is 0 Å². The average molecular weight is 485 g/mol. The highest BCUT2D eigenvalue weighted by Crippen LogP contribution is 2.44. The smallest absolute Gasteiger partial charge is 0.294 e. The maximum Gasteiger partial charge on any atom is 0.294 e. The summed E-state index contributed by atoms with van der Waals surface area (Å²) in [6.45, 7) is 5.94. The number of aliphatic hydroxyl groups is 1. The molecule has 36 heavy (non-hydrogen) atoms. The zero-order valence-corrected chi connectivity index (χ0v) is 21.0. The standard InChI is InChI=1S/C30H32N2O4/c1-4-31(5-2)23-18-16-22(17-19-23)28-27(25(33)20-15-21-11-7-6-8-12-21)29(34)30(35)32(28)24-13-9-10-14-26(24)36-3/h6-14,16-19,28,34H,4-5,15,20H2,1-3H3. The third kappa shape index (κ3) is 4.85. The van der Waals surface area contributed by atoms with E-state index in [1.54, 1.807) is 18.2 Å². The minimum absolute atomic E-state index is 0.123. The van der Waals surface area contributed by atoms with Gasteiger partial charge >= 0.3 is 0 Å². The lowest BCUT2D eigenvalue weighted by molar-refractivity contribution is -0.118. The van der Waals surface area contributed by atoms with Gasteiger partial charge in [-0.05, 0) is 55.7 Å². The van der Waals surface area contributed by atoms with E-state index in [0.717, 1.165) is 29.9 Å². The molecule has 1 aliphatic rings. The molecule has 1 atom stereocenters. The number of rotatable bonds is 10. The number of hydrogen-bond donors (Lipinski definition) is 1. The number of carbonyl (C=O) groups is 2. The lowest BCUT2D eigenvalue weighted by atomic mass is 9.92. The molecule has 1 aliphatic heterocycles. The number of benzene rings is 3. The van der Waals surface area contributed by atoms with Gasteiger partial charge in [0, 0.05) is 25.2 Å². The highest BCUT2D eigenvalue weighted by molar-refractivity contribution is 6.17. The molecule has 1 N–H and O–H groups in total. The number of ketones is 1. The fourth-order valence-electron chi connectivity index (χ4n) is 4.78. The highest BCUT2D eigenvalue weighted by Gasteiger charge is 2.45. The van der Waals surface area contributed by atoms with Crippen molar-refractivity contribution in [2.45, 2.75) is 32.7 Å². The quantitative estimate of drug-likeness (QED) is 0.403. The van der Waals surface area contributed by atoms with Gasteiger partial charge in [-0.25, -0.2) is 0 Å². The van der Waals surface area contributed by atoms with E-state index in [1.807, 2.05) is 60.7 Å². The van der Waals surface area contributed by atoms with Gasteiger partial charge < -0.3 is 14.7 Å². The molecule has 1 unspecified atom stereocenters. The predicted octanol–water partition coefficient (Wildman–Crippen LogP) is 5.64. The Morgan fingerprint density at radius 3 is 2.22 bits per heavy atom. The molecule has 4 rings (SSSR count). The van der Waals surface area contributed by atoms with Gasteiger partial charge in [0.25, 0.3) is 5.91 Å². The lowest BCUT2D eigenvalue weighted by Crippen LogP contribution is -2.31. The van der Waals surface area contributed by atoms with Crippen LogP contribution < -0.4 is 14.5 Å². The van der Waals surface area contributed by atoms with Crippen LogP contribution in [-0.4, -0.2) is 37.0 Å². The van der Waals surface area contributed by atoms with Gasteiger partial charge in [-0.3, -0.25) is 14.5 Å². The van der Waals surface area contributed by atoms with Crippen molar-refractivity contribution in [3.8, 4) is 5.75 Å². The van der Waals surface area contributed by atoms with Crippen molar-refractivity contribution in [1.82, 2.24) is 0 Å². The summed E-state index contributed by atoms with van der Waals surface area (Å²) in [5.74, 6) is -0.876. The van der Waals surface area contributed by atoms with Gasteiger partial charge in [0.05, 0.1) is 24.4 Å². The number of ether oxygens (including phenoxy) is 1. The van der Waals surface area contributed by atoms with Crippen LogP contribution in [0.5, 0.6) is 5.75 Å². The summed E-state index contributed by atoms with van der Waals surface area (Å²) in [7, 11) is 1.53. The molecule has 6 heteroatoms. The van der Waals surface area contributed by atoms with Gasteiger partial charge in [0.2, 0.25) is 0 Å². The average Bonchev–Trinajstić information content (AvgIpc) is 3.19. The Bertz CT molecular complexity index is 1250. The second kappa shape index (κ2) is 11.1. The number of aryl methyl sites for hydroxylation is 1. The first-order valence-corrected chi connectivity index (χ1v) is 12.3. The molecule has 1 amide bonds. The van der Waals surface area contributed by atoms with Gasteiger partial charge in [-0.2, -0.15) is 0 Å². The number of carbonyl (C=O) groups excluding carboxylic acids is 2. The van der Waals surface area contributed by atoms with Crippen LogP contribution in [0.25, 0.3) is 0 Å². The molecule has 0 aromatic heterocycles. The van der Waals surface area contributed by atoms with Crippen molar-refractivity contribution in [2.24, 2.45) is 0 Å². The van der Waals surface area contributed by atoms with Crippen molar-refractivity contribution >= 4 is 23.1 Å². The van der Waals surface area contributed by atoms with Crippen LogP contribution in [0.4, 0.5) is 11.4 Å². The number of para-hydroxylation sites is 2. The van der Waals surface area contributed by atoms with E-state index in [9.17, 15) is 14.7 Å². The summed E-state index contributed by atoms with van der Waals surface area (Å²) in [4.78, 5) is 30.6. The zero-order valence-electron chi connectivity index (χ0n) is 21.0. The molecule has 3 aromatic carbocycles. The minimum Gasteiger partial charge on any atom is -0.503 e. The topological polar surface area (TPSA) is 70.1 Å². The number of aliphatic hydroxyl groups excluding tert-OH is 1. The third-order valence-corrected chi connectivity index (χ3v) is 6.67. The maximum absolute atomic E-state index is 13.5. The summed E-state index contributed by atoms with van der Waals surface area (Å²) in [6, 6.07) is 23.9. The van der Waals surface area contributed by atoms with E-state index in [0.29, 0.717) is 17.9 Å². The molecule has 0 saturated carbocycles. The van der Waals surface area contributed by atoms with Crippen molar-refractivity contribution < 1.29 is 19.4 Å². The second-order valence-electron chi connectivity index (χ2n) is 8.68. The van der Waals surface area contributed by atoms with E-state index in [4.69, 9.17) is 4.74 Å². The first-order chi connectivity index (χ1) is 17.5. The van der Waals surface area contributed by atoms with E-state index >= 15 is 0 Å². The third-order valence-electron chi connectivity index (χ3n) is 6.67. The molecule has 0 saturated heterocycles.